The second-order valence-corrected chi connectivity index (χ2v) is 5.35. The van der Waals surface area contributed by atoms with Gasteiger partial charge in [-0.3, -0.25) is 4.99 Å². The van der Waals surface area contributed by atoms with Gasteiger partial charge in [-0.2, -0.15) is 0 Å². The zero-order chi connectivity index (χ0) is 16.5. The maximum Gasteiger partial charge on any atom is 0.191 e. The van der Waals surface area contributed by atoms with E-state index in [1.165, 1.54) is 0 Å². The van der Waals surface area contributed by atoms with E-state index in [-0.39, 0.29) is 24.0 Å². The molecule has 7 nitrogen and oxygen atoms in total. The van der Waals surface area contributed by atoms with E-state index < -0.39 is 0 Å². The highest BCUT2D eigenvalue weighted by molar-refractivity contribution is 14.0. The molecule has 0 atom stereocenters. The fraction of sp³-hybridized carbons (Fsp3) is 0.467. The van der Waals surface area contributed by atoms with E-state index in [0.29, 0.717) is 5.15 Å². The minimum Gasteiger partial charge on any atom is -0.356 e. The molecule has 0 saturated heterocycles. The van der Waals surface area contributed by atoms with Crippen LogP contribution in [0.25, 0.3) is 0 Å². The summed E-state index contributed by atoms with van der Waals surface area (Å²) < 4.78 is 2.04. The third-order valence-corrected chi connectivity index (χ3v) is 3.60. The number of rotatable bonds is 7. The van der Waals surface area contributed by atoms with Crippen molar-refractivity contribution in [3.63, 3.8) is 0 Å². The molecule has 0 aliphatic carbocycles. The van der Waals surface area contributed by atoms with Crippen LogP contribution in [-0.4, -0.2) is 45.8 Å². The summed E-state index contributed by atoms with van der Waals surface area (Å²) >= 11 is 5.77. The summed E-state index contributed by atoms with van der Waals surface area (Å²) in [7, 11) is 1.76. The Morgan fingerprint density at radius 2 is 2.08 bits per heavy atom. The van der Waals surface area contributed by atoms with Crippen molar-refractivity contribution in [1.82, 2.24) is 30.4 Å². The van der Waals surface area contributed by atoms with Gasteiger partial charge in [0.2, 0.25) is 0 Å². The molecule has 2 rings (SSSR count). The minimum absolute atomic E-state index is 0. The lowest BCUT2D eigenvalue weighted by Gasteiger charge is -2.12. The number of guanidine groups is 1. The van der Waals surface area contributed by atoms with E-state index in [1.54, 1.807) is 25.6 Å². The second kappa shape index (κ2) is 11.2. The third-order valence-electron chi connectivity index (χ3n) is 3.38. The van der Waals surface area contributed by atoms with Crippen molar-refractivity contribution in [3.05, 3.63) is 41.2 Å². The Balaban J connectivity index is 0.00000288. The Hall–Kier alpha value is -1.42. The average molecular weight is 464 g/mol. The molecule has 0 aliphatic rings. The molecule has 2 heterocycles. The Bertz CT molecular complexity index is 627. The molecule has 2 aromatic heterocycles. The number of aliphatic imine (C=N–C) groups is 1. The molecule has 0 aromatic carbocycles. The Kier molecular flexibility index (Phi) is 9.62. The van der Waals surface area contributed by atoms with Gasteiger partial charge in [0.15, 0.2) is 5.96 Å². The normalized spacial score (nSPS) is 11.0. The summed E-state index contributed by atoms with van der Waals surface area (Å²) in [6.45, 7) is 4.40. The van der Waals surface area contributed by atoms with Gasteiger partial charge in [0, 0.05) is 39.3 Å². The van der Waals surface area contributed by atoms with E-state index >= 15 is 0 Å². The number of nitrogens with one attached hydrogen (secondary N) is 2. The number of hydrogen-bond acceptors (Lipinski definition) is 4. The summed E-state index contributed by atoms with van der Waals surface area (Å²) in [5.41, 5.74) is 1.13. The predicted octanol–water partition coefficient (Wildman–Crippen LogP) is 1.91. The third kappa shape index (κ3) is 6.60. The quantitative estimate of drug-likeness (QED) is 0.284. The van der Waals surface area contributed by atoms with Gasteiger partial charge in [-0.25, -0.2) is 4.98 Å². The smallest absolute Gasteiger partial charge is 0.191 e. The summed E-state index contributed by atoms with van der Waals surface area (Å²) in [5, 5.41) is 15.1. The van der Waals surface area contributed by atoms with Crippen LogP contribution in [0.1, 0.15) is 18.3 Å². The maximum absolute atomic E-state index is 5.77. The van der Waals surface area contributed by atoms with Crippen molar-refractivity contribution in [1.29, 1.82) is 0 Å². The molecule has 132 valence electrons. The van der Waals surface area contributed by atoms with Gasteiger partial charge in [-0.05, 0) is 18.1 Å². The molecular formula is C15H23ClIN7. The van der Waals surface area contributed by atoms with Gasteiger partial charge in [0.1, 0.15) is 17.3 Å². The summed E-state index contributed by atoms with van der Waals surface area (Å²) in [5.74, 6) is 1.77. The van der Waals surface area contributed by atoms with Crippen molar-refractivity contribution < 1.29 is 0 Å². The Labute approximate surface area is 164 Å². The molecule has 0 radical (unpaired) electrons. The first kappa shape index (κ1) is 20.6. The average Bonchev–Trinajstić information content (AvgIpc) is 3.02. The molecule has 9 heteroatoms. The minimum atomic E-state index is 0. The van der Waals surface area contributed by atoms with Gasteiger partial charge < -0.3 is 15.2 Å². The van der Waals surface area contributed by atoms with Crippen molar-refractivity contribution in [2.45, 2.75) is 26.3 Å². The molecule has 24 heavy (non-hydrogen) atoms. The van der Waals surface area contributed by atoms with Crippen molar-refractivity contribution in [2.24, 2.45) is 4.99 Å². The number of aromatic nitrogens is 4. The van der Waals surface area contributed by atoms with E-state index in [9.17, 15) is 0 Å². The largest absolute Gasteiger partial charge is 0.356 e. The Morgan fingerprint density at radius 1 is 1.29 bits per heavy atom. The van der Waals surface area contributed by atoms with Gasteiger partial charge in [-0.1, -0.05) is 24.6 Å². The fourth-order valence-corrected chi connectivity index (χ4v) is 2.25. The van der Waals surface area contributed by atoms with Crippen LogP contribution in [0, 0.1) is 0 Å². The van der Waals surface area contributed by atoms with Gasteiger partial charge in [0.05, 0.1) is 0 Å². The number of hydrogen-bond donors (Lipinski definition) is 2. The van der Waals surface area contributed by atoms with Crippen LogP contribution in [-0.2, 0) is 19.4 Å². The van der Waals surface area contributed by atoms with Crippen molar-refractivity contribution in [2.75, 3.05) is 20.1 Å². The lowest BCUT2D eigenvalue weighted by molar-refractivity contribution is 0.632. The first-order valence-electron chi connectivity index (χ1n) is 7.64. The molecule has 0 amide bonds. The van der Waals surface area contributed by atoms with Gasteiger partial charge in [-0.15, -0.1) is 34.2 Å². The first-order chi connectivity index (χ1) is 11.2. The van der Waals surface area contributed by atoms with Crippen LogP contribution >= 0.6 is 35.6 Å². The topological polar surface area (TPSA) is 80.0 Å². The van der Waals surface area contributed by atoms with Crippen LogP contribution in [0.15, 0.2) is 29.6 Å². The Morgan fingerprint density at radius 3 is 2.75 bits per heavy atom. The standard InChI is InChI=1S/C15H22ClN7.HI/c1-3-14-22-21-11-23(14)9-8-19-15(17-2)18-7-6-12-4-5-13(16)20-10-12;/h4-5,10-11H,3,6-9H2,1-2H3,(H2,17,18,19);1H. The first-order valence-corrected chi connectivity index (χ1v) is 8.02. The summed E-state index contributed by atoms with van der Waals surface area (Å²) in [6.07, 6.45) is 5.28. The highest BCUT2D eigenvalue weighted by atomic mass is 127. The molecule has 2 N–H and O–H groups in total. The predicted molar refractivity (Wildman–Crippen MR) is 107 cm³/mol. The van der Waals surface area contributed by atoms with E-state index in [1.807, 2.05) is 10.6 Å². The maximum atomic E-state index is 5.77. The number of pyridine rings is 1. The molecule has 0 spiro atoms. The van der Waals surface area contributed by atoms with E-state index in [2.05, 4.69) is 37.7 Å². The van der Waals surface area contributed by atoms with Crippen molar-refractivity contribution >= 4 is 41.5 Å². The molecule has 2 aromatic rings. The lowest BCUT2D eigenvalue weighted by Crippen LogP contribution is -2.39. The fourth-order valence-electron chi connectivity index (χ4n) is 2.13. The van der Waals surface area contributed by atoms with Crippen LogP contribution in [0.2, 0.25) is 5.15 Å². The zero-order valence-electron chi connectivity index (χ0n) is 13.9. The number of nitrogens with zero attached hydrogens (tertiary/aromatic N) is 5. The molecule has 0 bridgehead atoms. The molecule has 0 unspecified atom stereocenters. The molecule has 0 saturated carbocycles. The summed E-state index contributed by atoms with van der Waals surface area (Å²) in [4.78, 5) is 8.28. The zero-order valence-corrected chi connectivity index (χ0v) is 17.0. The highest BCUT2D eigenvalue weighted by Crippen LogP contribution is 2.05. The number of halogens is 2. The van der Waals surface area contributed by atoms with Crippen molar-refractivity contribution in [3.8, 4) is 0 Å². The van der Waals surface area contributed by atoms with E-state index in [4.69, 9.17) is 11.6 Å². The molecule has 0 aliphatic heterocycles. The molecular weight excluding hydrogens is 441 g/mol. The highest BCUT2D eigenvalue weighted by Gasteiger charge is 2.02. The summed E-state index contributed by atoms with van der Waals surface area (Å²) in [6, 6.07) is 3.78. The van der Waals surface area contributed by atoms with E-state index in [0.717, 1.165) is 49.8 Å². The van der Waals surface area contributed by atoms with Crippen LogP contribution in [0.5, 0.6) is 0 Å². The van der Waals surface area contributed by atoms with Crippen LogP contribution in [0.4, 0.5) is 0 Å². The second-order valence-electron chi connectivity index (χ2n) is 4.96. The van der Waals surface area contributed by atoms with Gasteiger partial charge in [0.25, 0.3) is 0 Å². The molecule has 0 fully saturated rings. The SMILES string of the molecule is CCc1nncn1CCNC(=NC)NCCc1ccc(Cl)nc1.I. The number of aryl methyl sites for hydroxylation is 1. The van der Waals surface area contributed by atoms with Crippen LogP contribution < -0.4 is 10.6 Å². The monoisotopic (exact) mass is 463 g/mol. The van der Waals surface area contributed by atoms with Crippen LogP contribution in [0.3, 0.4) is 0 Å². The van der Waals surface area contributed by atoms with Gasteiger partial charge >= 0.3 is 0 Å². The lowest BCUT2D eigenvalue weighted by atomic mass is 10.2.